The van der Waals surface area contributed by atoms with Crippen LogP contribution in [-0.4, -0.2) is 13.6 Å². The Morgan fingerprint density at radius 3 is 1.40 bits per heavy atom. The number of rotatable bonds is 2. The third kappa shape index (κ3) is 3.44. The molecule has 0 unspecified atom stereocenters. The van der Waals surface area contributed by atoms with Crippen LogP contribution in [0.25, 0.3) is 55.3 Å². The van der Waals surface area contributed by atoms with Crippen LogP contribution in [0.2, 0.25) is 0 Å². The highest BCUT2D eigenvalue weighted by Crippen LogP contribution is 2.63. The lowest BCUT2D eigenvalue weighted by Gasteiger charge is -2.31. The fourth-order valence-corrected chi connectivity index (χ4v) is 8.36. The van der Waals surface area contributed by atoms with Crippen molar-refractivity contribution in [1.29, 1.82) is 0 Å². The van der Waals surface area contributed by atoms with E-state index in [1.54, 1.807) is 0 Å². The van der Waals surface area contributed by atoms with Crippen LogP contribution in [0.5, 0.6) is 0 Å². The summed E-state index contributed by atoms with van der Waals surface area (Å²) < 4.78 is 0. The van der Waals surface area contributed by atoms with E-state index in [2.05, 4.69) is 171 Å². The second-order valence-corrected chi connectivity index (χ2v) is 12.4. The summed E-state index contributed by atoms with van der Waals surface area (Å²) in [5.74, 6) is 0. The van der Waals surface area contributed by atoms with Gasteiger partial charge in [0.1, 0.15) is 0 Å². The number of fused-ring (bicyclic) bond motifs is 13. The summed E-state index contributed by atoms with van der Waals surface area (Å²) in [5.41, 5.74) is 17.7. The Morgan fingerprint density at radius 1 is 0.422 bits per heavy atom. The van der Waals surface area contributed by atoms with Crippen molar-refractivity contribution in [3.8, 4) is 44.5 Å². The summed E-state index contributed by atoms with van der Waals surface area (Å²) in [5, 5.41) is 2.75. The Balaban J connectivity index is 0.000000147. The highest BCUT2D eigenvalue weighted by molar-refractivity contribution is 6.15. The average Bonchev–Trinajstić information content (AvgIpc) is 3.72. The first-order valence-electron chi connectivity index (χ1n) is 16.0. The summed E-state index contributed by atoms with van der Waals surface area (Å²) in [6.07, 6.45) is 0. The topological polar surface area (TPSA) is 3.24 Å². The molecule has 1 heteroatoms. The van der Waals surface area contributed by atoms with Crippen molar-refractivity contribution < 1.29 is 0 Å². The lowest BCUT2D eigenvalue weighted by Crippen LogP contribution is -2.26. The highest BCUT2D eigenvalue weighted by atomic mass is 15.1. The number of hydrogen-bond acceptors (Lipinski definition) is 1. The molecule has 0 heterocycles. The van der Waals surface area contributed by atoms with Crippen LogP contribution in [-0.2, 0) is 5.41 Å². The average molecular weight is 576 g/mol. The van der Waals surface area contributed by atoms with Gasteiger partial charge < -0.3 is 4.90 Å². The standard InChI is InChI=1S/C28H23N.C16H10/c1-3-29(2)26-18-10-17-25-27(26)21-13-6-9-16-24(21)28(25)22-14-7-4-11-19(22)20-12-5-8-15-23(20)28;1-2-8-13-12(7-1)14-9-3-5-11-6-4-10-15(13)16(11)14/h4-18H,3H2,1-2H3;1-10H. The molecule has 0 aromatic heterocycles. The summed E-state index contributed by atoms with van der Waals surface area (Å²) >= 11 is 0. The lowest BCUT2D eigenvalue weighted by atomic mass is 9.70. The molecule has 3 aliphatic rings. The molecule has 0 fully saturated rings. The number of benzene rings is 7. The van der Waals surface area contributed by atoms with Crippen LogP contribution in [0.3, 0.4) is 0 Å². The van der Waals surface area contributed by atoms with Gasteiger partial charge in [-0.1, -0.05) is 146 Å². The number of nitrogens with zero attached hydrogens (tertiary/aromatic N) is 1. The zero-order valence-electron chi connectivity index (χ0n) is 25.6. The van der Waals surface area contributed by atoms with E-state index >= 15 is 0 Å². The molecule has 3 aliphatic carbocycles. The third-order valence-electron chi connectivity index (χ3n) is 10.3. The molecule has 0 bridgehead atoms. The third-order valence-corrected chi connectivity index (χ3v) is 10.3. The van der Waals surface area contributed by atoms with Crippen LogP contribution >= 0.6 is 0 Å². The molecule has 45 heavy (non-hydrogen) atoms. The summed E-state index contributed by atoms with van der Waals surface area (Å²) in [4.78, 5) is 2.36. The van der Waals surface area contributed by atoms with Gasteiger partial charge in [0.25, 0.3) is 0 Å². The molecule has 1 nitrogen and oxygen atoms in total. The van der Waals surface area contributed by atoms with Gasteiger partial charge in [-0.25, -0.2) is 0 Å². The van der Waals surface area contributed by atoms with Crippen molar-refractivity contribution in [3.63, 3.8) is 0 Å². The van der Waals surface area contributed by atoms with E-state index in [4.69, 9.17) is 0 Å². The van der Waals surface area contributed by atoms with Crippen molar-refractivity contribution in [2.75, 3.05) is 18.5 Å². The van der Waals surface area contributed by atoms with Gasteiger partial charge >= 0.3 is 0 Å². The maximum atomic E-state index is 2.36. The Kier molecular flexibility index (Phi) is 5.67. The van der Waals surface area contributed by atoms with Gasteiger partial charge in [0, 0.05) is 24.8 Å². The zero-order chi connectivity index (χ0) is 30.1. The van der Waals surface area contributed by atoms with E-state index in [0.717, 1.165) is 6.54 Å². The molecule has 0 saturated carbocycles. The fraction of sp³-hybridized carbons (Fsp3) is 0.0909. The summed E-state index contributed by atoms with van der Waals surface area (Å²) in [6, 6.07) is 55.6. The second-order valence-electron chi connectivity index (χ2n) is 12.4. The SMILES string of the molecule is CCN(C)c1cccc2c1-c1ccccc1C21c2ccccc2-c2ccccc21.c1ccc2c(c1)-c1cccc3cccc-2c13. The van der Waals surface area contributed by atoms with E-state index in [9.17, 15) is 0 Å². The molecular formula is C44H33N. The summed E-state index contributed by atoms with van der Waals surface area (Å²) in [6.45, 7) is 3.20. The molecule has 0 aliphatic heterocycles. The molecule has 0 amide bonds. The Labute approximate surface area is 265 Å². The van der Waals surface area contributed by atoms with Gasteiger partial charge in [0.05, 0.1) is 5.41 Å². The zero-order valence-corrected chi connectivity index (χ0v) is 25.6. The Hall–Kier alpha value is -5.40. The maximum absolute atomic E-state index is 2.36. The smallest absolute Gasteiger partial charge is 0.0726 e. The van der Waals surface area contributed by atoms with Gasteiger partial charge in [-0.3, -0.25) is 0 Å². The molecule has 7 aromatic rings. The largest absolute Gasteiger partial charge is 0.374 e. The van der Waals surface area contributed by atoms with Crippen LogP contribution < -0.4 is 4.90 Å². The highest BCUT2D eigenvalue weighted by Gasteiger charge is 2.52. The van der Waals surface area contributed by atoms with Gasteiger partial charge in [-0.2, -0.15) is 0 Å². The Bertz CT molecular complexity index is 2190. The van der Waals surface area contributed by atoms with Crippen molar-refractivity contribution in [1.82, 2.24) is 0 Å². The van der Waals surface area contributed by atoms with Crippen molar-refractivity contribution in [2.45, 2.75) is 12.3 Å². The molecule has 0 N–H and O–H groups in total. The Morgan fingerprint density at radius 2 is 0.844 bits per heavy atom. The van der Waals surface area contributed by atoms with E-state index in [1.165, 1.54) is 83.2 Å². The molecule has 214 valence electrons. The van der Waals surface area contributed by atoms with Crippen molar-refractivity contribution in [3.05, 3.63) is 174 Å². The van der Waals surface area contributed by atoms with E-state index in [0.29, 0.717) is 0 Å². The van der Waals surface area contributed by atoms with Crippen LogP contribution in [0, 0.1) is 0 Å². The first kappa shape index (κ1) is 26.0. The first-order valence-corrected chi connectivity index (χ1v) is 16.0. The first-order chi connectivity index (χ1) is 22.2. The maximum Gasteiger partial charge on any atom is 0.0726 e. The number of hydrogen-bond donors (Lipinski definition) is 0. The normalized spacial score (nSPS) is 13.4. The van der Waals surface area contributed by atoms with Gasteiger partial charge in [0.15, 0.2) is 0 Å². The van der Waals surface area contributed by atoms with E-state index in [1.807, 2.05) is 0 Å². The minimum Gasteiger partial charge on any atom is -0.374 e. The predicted octanol–water partition coefficient (Wildman–Crippen LogP) is 11.0. The lowest BCUT2D eigenvalue weighted by molar-refractivity contribution is 0.793. The van der Waals surface area contributed by atoms with Crippen LogP contribution in [0.4, 0.5) is 5.69 Å². The van der Waals surface area contributed by atoms with E-state index in [-0.39, 0.29) is 5.41 Å². The van der Waals surface area contributed by atoms with Crippen molar-refractivity contribution >= 4 is 16.5 Å². The minimum absolute atomic E-state index is 0.232. The van der Waals surface area contributed by atoms with Crippen LogP contribution in [0.15, 0.2) is 152 Å². The molecular weight excluding hydrogens is 542 g/mol. The monoisotopic (exact) mass is 575 g/mol. The molecule has 1 spiro atoms. The fourth-order valence-electron chi connectivity index (χ4n) is 8.36. The van der Waals surface area contributed by atoms with Gasteiger partial charge in [-0.15, -0.1) is 0 Å². The molecule has 10 rings (SSSR count). The second kappa shape index (κ2) is 9.81. The van der Waals surface area contributed by atoms with Crippen LogP contribution in [0.1, 0.15) is 29.2 Å². The quantitative estimate of drug-likeness (QED) is 0.198. The van der Waals surface area contributed by atoms with E-state index < -0.39 is 0 Å². The predicted molar refractivity (Wildman–Crippen MR) is 190 cm³/mol. The molecule has 0 atom stereocenters. The van der Waals surface area contributed by atoms with Gasteiger partial charge in [-0.05, 0) is 85.0 Å². The minimum atomic E-state index is -0.232. The van der Waals surface area contributed by atoms with Crippen molar-refractivity contribution in [2.24, 2.45) is 0 Å². The van der Waals surface area contributed by atoms with Gasteiger partial charge in [0.2, 0.25) is 0 Å². The summed E-state index contributed by atoms with van der Waals surface area (Å²) in [7, 11) is 2.19. The molecule has 7 aromatic carbocycles. The molecule has 0 radical (unpaired) electrons. The number of anilines is 1. The molecule has 0 saturated heterocycles.